The number of para-hydroxylation sites is 1. The van der Waals surface area contributed by atoms with Gasteiger partial charge in [-0.3, -0.25) is 38.4 Å². The van der Waals surface area contributed by atoms with Gasteiger partial charge in [0, 0.05) is 47.6 Å². The molecule has 1 unspecified atom stereocenters. The SMILES string of the molecule is C[C@@H]1NC(=O)[C@H](CC(=O)O)NC(=O)CNC(=O)C(CCCC[n+]2ccn3ncccc32)NC(=O)CCSSC[C@@H](C(N)=O)NC(=O)[C@H](C)N(CCc2c[nH]c3ccccc23)C1=O. The van der Waals surface area contributed by atoms with Gasteiger partial charge in [0.1, 0.15) is 36.4 Å². The Morgan fingerprint density at radius 1 is 0.919 bits per heavy atom. The number of aliphatic carboxylic acids is 1. The number of hydrogen-bond donors (Lipinski definition) is 8. The minimum Gasteiger partial charge on any atom is -0.481 e. The second kappa shape index (κ2) is 22.6. The van der Waals surface area contributed by atoms with E-state index in [0.717, 1.165) is 22.1 Å². The first-order chi connectivity index (χ1) is 29.7. The lowest BCUT2D eigenvalue weighted by molar-refractivity contribution is -0.671. The van der Waals surface area contributed by atoms with Gasteiger partial charge >= 0.3 is 11.6 Å². The van der Waals surface area contributed by atoms with E-state index in [1.54, 1.807) is 16.9 Å². The normalized spacial score (nSPS) is 22.0. The monoisotopic (exact) mass is 894 g/mol. The molecule has 1 fully saturated rings. The van der Waals surface area contributed by atoms with Gasteiger partial charge in [0.15, 0.2) is 6.20 Å². The van der Waals surface area contributed by atoms with E-state index < -0.39 is 90.5 Å². The number of nitrogens with one attached hydrogen (secondary N) is 6. The number of benzene rings is 1. The van der Waals surface area contributed by atoms with Crippen LogP contribution >= 0.6 is 21.6 Å². The van der Waals surface area contributed by atoms with Crippen LogP contribution < -0.4 is 36.9 Å². The smallest absolute Gasteiger partial charge is 0.307 e. The van der Waals surface area contributed by atoms with Gasteiger partial charge in [0.05, 0.1) is 25.7 Å². The van der Waals surface area contributed by atoms with Crippen LogP contribution in [0.5, 0.6) is 0 Å². The van der Waals surface area contributed by atoms with Crippen molar-refractivity contribution in [2.45, 2.75) is 89.1 Å². The third-order valence-electron chi connectivity index (χ3n) is 10.2. The van der Waals surface area contributed by atoms with E-state index in [-0.39, 0.29) is 30.9 Å². The number of amides is 7. The largest absolute Gasteiger partial charge is 0.481 e. The van der Waals surface area contributed by atoms with E-state index in [1.807, 2.05) is 53.4 Å². The maximum Gasteiger partial charge on any atom is 0.307 e. The number of aromatic amines is 1. The Balaban J connectivity index is 1.31. The summed E-state index contributed by atoms with van der Waals surface area (Å²) in [5.74, 6) is -6.34. The molecule has 7 amide bonds. The fourth-order valence-electron chi connectivity index (χ4n) is 6.85. The summed E-state index contributed by atoms with van der Waals surface area (Å²) in [5, 5.41) is 27.4. The van der Waals surface area contributed by atoms with Crippen LogP contribution in [0.3, 0.4) is 0 Å². The van der Waals surface area contributed by atoms with Crippen molar-refractivity contribution < 1.29 is 48.0 Å². The number of hydrogen-bond acceptors (Lipinski definition) is 11. The molecule has 332 valence electrons. The van der Waals surface area contributed by atoms with Crippen molar-refractivity contribution in [1.29, 1.82) is 0 Å². The second-order valence-electron chi connectivity index (χ2n) is 14.7. The van der Waals surface area contributed by atoms with Crippen LogP contribution in [0.2, 0.25) is 0 Å². The van der Waals surface area contributed by atoms with E-state index in [2.05, 4.69) is 36.7 Å². The number of H-pyrrole nitrogens is 1. The van der Waals surface area contributed by atoms with Crippen LogP contribution in [0, 0.1) is 0 Å². The van der Waals surface area contributed by atoms with Crippen LogP contribution in [0.4, 0.5) is 0 Å². The van der Waals surface area contributed by atoms with Crippen LogP contribution in [-0.4, -0.2) is 127 Å². The highest BCUT2D eigenvalue weighted by Crippen LogP contribution is 2.23. The van der Waals surface area contributed by atoms with E-state index in [0.29, 0.717) is 25.8 Å². The van der Waals surface area contributed by atoms with E-state index in [1.165, 1.54) is 40.3 Å². The molecule has 3 aromatic heterocycles. The number of imidazole rings is 1. The molecule has 1 aromatic carbocycles. The highest BCUT2D eigenvalue weighted by molar-refractivity contribution is 8.76. The summed E-state index contributed by atoms with van der Waals surface area (Å²) in [6.07, 6.45) is 7.96. The molecule has 1 saturated heterocycles. The molecule has 20 nitrogen and oxygen atoms in total. The standard InChI is InChI=1S/C40H51N11O9S2/c1-24-40(60)50(16-12-26-21-42-28-9-4-3-8-27(26)28)25(2)37(57)48-31(36(41)56)23-62-61-19-13-32(52)46-29(10-5-6-15-49-17-18-51-34(49)11-7-14-44-51)38(58)43-22-33(53)47-30(20-35(54)55)39(59)45-24/h3-4,7-9,11,14,17-18,21,24-25,29-31,42H,5-6,10,12-13,15-16,19-20,22-23H2,1-2H3,(H7-,41,43,45,46,47,48,52,53,54,55,56,57,58,59)/p+1/t24-,25-,29?,30-,31-/m0/s1. The third-order valence-corrected chi connectivity index (χ3v) is 12.6. The Hall–Kier alpha value is -6.16. The highest BCUT2D eigenvalue weighted by atomic mass is 33.1. The summed E-state index contributed by atoms with van der Waals surface area (Å²) in [5.41, 5.74) is 8.26. The topological polar surface area (TPSA) is 283 Å². The first kappa shape index (κ1) is 46.9. The zero-order valence-electron chi connectivity index (χ0n) is 34.3. The first-order valence-electron chi connectivity index (χ1n) is 20.1. The summed E-state index contributed by atoms with van der Waals surface area (Å²) in [7, 11) is 2.46. The van der Waals surface area contributed by atoms with Gasteiger partial charge in [-0.1, -0.05) is 44.9 Å². The van der Waals surface area contributed by atoms with Gasteiger partial charge < -0.3 is 47.3 Å². The van der Waals surface area contributed by atoms with Crippen LogP contribution in [0.15, 0.2) is 61.2 Å². The molecule has 1 aliphatic rings. The number of aryl methyl sites for hydroxylation is 1. The Labute approximate surface area is 364 Å². The van der Waals surface area contributed by atoms with Gasteiger partial charge in [-0.2, -0.15) is 0 Å². The summed E-state index contributed by atoms with van der Waals surface area (Å²) in [6.45, 7) is 2.78. The number of nitrogens with zero attached hydrogens (tertiary/aromatic N) is 4. The molecule has 0 radical (unpaired) electrons. The van der Waals surface area contributed by atoms with Crippen molar-refractivity contribution >= 4 is 85.5 Å². The third kappa shape index (κ3) is 13.2. The summed E-state index contributed by atoms with van der Waals surface area (Å²) >= 11 is 0. The number of carbonyl (C=O) groups excluding carboxylic acids is 7. The Morgan fingerprint density at radius 3 is 2.47 bits per heavy atom. The number of fused-ring (bicyclic) bond motifs is 2. The number of carboxylic acids is 1. The molecular weight excluding hydrogens is 843 g/mol. The van der Waals surface area contributed by atoms with Gasteiger partial charge in [-0.15, -0.1) is 4.52 Å². The number of unbranched alkanes of at least 4 members (excludes halogenated alkanes) is 1. The lowest BCUT2D eigenvalue weighted by Crippen LogP contribution is -2.59. The summed E-state index contributed by atoms with van der Waals surface area (Å²) in [6, 6.07) is 4.94. The van der Waals surface area contributed by atoms with Crippen molar-refractivity contribution in [3.63, 3.8) is 0 Å². The van der Waals surface area contributed by atoms with Crippen molar-refractivity contribution in [2.75, 3.05) is 24.6 Å². The van der Waals surface area contributed by atoms with E-state index >= 15 is 0 Å². The molecule has 4 heterocycles. The predicted molar refractivity (Wildman–Crippen MR) is 230 cm³/mol. The number of nitrogens with two attached hydrogens (primary N) is 1. The Kier molecular flexibility index (Phi) is 17.1. The molecular formula is C40H52N11O9S2+. The predicted octanol–water partition coefficient (Wildman–Crippen LogP) is -0.446. The Morgan fingerprint density at radius 2 is 1.69 bits per heavy atom. The van der Waals surface area contributed by atoms with Gasteiger partial charge in [0.25, 0.3) is 0 Å². The molecule has 4 aromatic rings. The fourth-order valence-corrected chi connectivity index (χ4v) is 9.02. The second-order valence-corrected chi connectivity index (χ2v) is 17.4. The molecule has 5 rings (SSSR count). The molecule has 1 aliphatic heterocycles. The summed E-state index contributed by atoms with van der Waals surface area (Å²) in [4.78, 5) is 110. The molecule has 0 aliphatic carbocycles. The molecule has 5 atom stereocenters. The lowest BCUT2D eigenvalue weighted by atomic mass is 10.1. The maximum absolute atomic E-state index is 14.1. The minimum absolute atomic E-state index is 0.000550. The van der Waals surface area contributed by atoms with Crippen LogP contribution in [0.25, 0.3) is 16.6 Å². The number of carbonyl (C=O) groups is 8. The zero-order chi connectivity index (χ0) is 44.8. The molecule has 22 heteroatoms. The fraction of sp³-hybridized carbons (Fsp3) is 0.450. The molecule has 0 saturated carbocycles. The van der Waals surface area contributed by atoms with Crippen molar-refractivity contribution in [2.24, 2.45) is 5.73 Å². The number of carboxylic acid groups (broad SMARTS) is 1. The van der Waals surface area contributed by atoms with Crippen molar-refractivity contribution in [3.8, 4) is 0 Å². The quantitative estimate of drug-likeness (QED) is 0.0541. The Bertz CT molecular complexity index is 2270. The molecule has 0 bridgehead atoms. The first-order valence-corrected chi connectivity index (χ1v) is 22.6. The van der Waals surface area contributed by atoms with Crippen molar-refractivity contribution in [1.82, 2.24) is 46.1 Å². The lowest BCUT2D eigenvalue weighted by Gasteiger charge is -2.32. The van der Waals surface area contributed by atoms with E-state index in [9.17, 15) is 43.5 Å². The number of rotatable bonds is 11. The molecule has 0 spiro atoms. The number of primary amides is 1. The maximum atomic E-state index is 14.1. The van der Waals surface area contributed by atoms with Gasteiger partial charge in [0.2, 0.25) is 41.4 Å². The zero-order valence-corrected chi connectivity index (χ0v) is 36.0. The summed E-state index contributed by atoms with van der Waals surface area (Å²) < 4.78 is 3.73. The average Bonchev–Trinajstić information content (AvgIpc) is 3.86. The molecule has 9 N–H and O–H groups in total. The van der Waals surface area contributed by atoms with Crippen LogP contribution in [0.1, 0.15) is 51.5 Å². The highest BCUT2D eigenvalue weighted by Gasteiger charge is 2.34. The minimum atomic E-state index is -1.66. The van der Waals surface area contributed by atoms with Gasteiger partial charge in [-0.05, 0) is 57.2 Å². The van der Waals surface area contributed by atoms with E-state index in [4.69, 9.17) is 5.73 Å². The number of aromatic nitrogens is 4. The van der Waals surface area contributed by atoms with Gasteiger partial charge in [-0.25, -0.2) is 4.57 Å². The average molecular weight is 895 g/mol. The molecule has 62 heavy (non-hydrogen) atoms. The van der Waals surface area contributed by atoms with Crippen LogP contribution in [-0.2, 0) is 51.3 Å². The van der Waals surface area contributed by atoms with Crippen molar-refractivity contribution in [3.05, 3.63) is 66.7 Å².